The van der Waals surface area contributed by atoms with Crippen LogP contribution in [-0.2, 0) is 0 Å². The number of hydrogen-bond donors (Lipinski definition) is 2. The van der Waals surface area contributed by atoms with Gasteiger partial charge in [0.25, 0.3) is 5.91 Å². The molecule has 7 heteroatoms. The number of thioether (sulfide) groups is 1. The van der Waals surface area contributed by atoms with Crippen molar-refractivity contribution >= 4 is 23.3 Å². The van der Waals surface area contributed by atoms with E-state index in [0.717, 1.165) is 17.9 Å². The molecule has 1 fully saturated rings. The van der Waals surface area contributed by atoms with Gasteiger partial charge in [-0.05, 0) is 56.2 Å². The zero-order valence-corrected chi connectivity index (χ0v) is 17.6. The molecule has 2 heterocycles. The molecule has 1 unspecified atom stereocenters. The average Bonchev–Trinajstić information content (AvgIpc) is 3.06. The van der Waals surface area contributed by atoms with Crippen molar-refractivity contribution in [3.8, 4) is 5.75 Å². The summed E-state index contributed by atoms with van der Waals surface area (Å²) in [5.41, 5.74) is 1.83. The lowest BCUT2D eigenvalue weighted by Crippen LogP contribution is -2.38. The van der Waals surface area contributed by atoms with Crippen molar-refractivity contribution in [3.63, 3.8) is 0 Å². The van der Waals surface area contributed by atoms with Gasteiger partial charge in [-0.15, -0.1) is 0 Å². The predicted molar refractivity (Wildman–Crippen MR) is 113 cm³/mol. The molecular weight excluding hydrogens is 374 g/mol. The Kier molecular flexibility index (Phi) is 7.62. The summed E-state index contributed by atoms with van der Waals surface area (Å²) in [6.07, 6.45) is 10.9. The van der Waals surface area contributed by atoms with Crippen LogP contribution in [0.1, 0.15) is 54.7 Å². The summed E-state index contributed by atoms with van der Waals surface area (Å²) < 4.78 is 7.90. The van der Waals surface area contributed by atoms with Crippen LogP contribution in [0.2, 0.25) is 0 Å². The third-order valence-electron chi connectivity index (χ3n) is 5.43. The molecule has 0 bridgehead atoms. The molecule has 0 spiro atoms. The third kappa shape index (κ3) is 5.00. The molecule has 0 saturated heterocycles. The van der Waals surface area contributed by atoms with Gasteiger partial charge in [-0.25, -0.2) is 4.98 Å². The lowest BCUT2D eigenvalue weighted by Gasteiger charge is -2.21. The minimum Gasteiger partial charge on any atom is -0.489 e. The number of carbonyl (C=O) groups excluding carboxylic acids is 1. The van der Waals surface area contributed by atoms with Gasteiger partial charge >= 0.3 is 0 Å². The lowest BCUT2D eigenvalue weighted by atomic mass is 9.90. The van der Waals surface area contributed by atoms with Crippen LogP contribution in [0.5, 0.6) is 5.75 Å². The van der Waals surface area contributed by atoms with Gasteiger partial charge in [-0.3, -0.25) is 9.20 Å². The van der Waals surface area contributed by atoms with Crippen molar-refractivity contribution in [1.82, 2.24) is 14.7 Å². The summed E-state index contributed by atoms with van der Waals surface area (Å²) in [7, 11) is 0. The molecule has 3 rings (SSSR count). The molecule has 2 aromatic rings. The van der Waals surface area contributed by atoms with Crippen molar-refractivity contribution in [2.24, 2.45) is 5.92 Å². The fourth-order valence-corrected chi connectivity index (χ4v) is 4.35. The molecule has 0 radical (unpaired) electrons. The standard InChI is InChI=1S/C21H31N3O3S/c1-15-19(21(26)23-17(13-25)10-12-28-2)24-11-6-9-18(20(24)22-15)27-14-16-7-4-3-5-8-16/h6,9,11,16-17,25H,3-5,7-8,10,12-14H2,1-2H3,(H,23,26). The molecule has 6 nitrogen and oxygen atoms in total. The van der Waals surface area contributed by atoms with Crippen LogP contribution in [0.4, 0.5) is 0 Å². The molecule has 0 aliphatic heterocycles. The number of carbonyl (C=O) groups is 1. The van der Waals surface area contributed by atoms with Crippen molar-refractivity contribution < 1.29 is 14.6 Å². The number of nitrogens with one attached hydrogen (secondary N) is 1. The number of fused-ring (bicyclic) bond motifs is 1. The first-order valence-electron chi connectivity index (χ1n) is 10.1. The lowest BCUT2D eigenvalue weighted by molar-refractivity contribution is 0.0908. The topological polar surface area (TPSA) is 75.9 Å². The monoisotopic (exact) mass is 405 g/mol. The van der Waals surface area contributed by atoms with Crippen molar-refractivity contribution in [2.75, 3.05) is 25.2 Å². The first-order chi connectivity index (χ1) is 13.6. The summed E-state index contributed by atoms with van der Waals surface area (Å²) in [6.45, 7) is 2.47. The summed E-state index contributed by atoms with van der Waals surface area (Å²) in [6, 6.07) is 3.55. The summed E-state index contributed by atoms with van der Waals surface area (Å²) in [4.78, 5) is 17.5. The molecular formula is C21H31N3O3S. The molecule has 0 aromatic carbocycles. The first kappa shape index (κ1) is 21.0. The van der Waals surface area contributed by atoms with E-state index in [1.807, 2.05) is 31.5 Å². The molecule has 28 heavy (non-hydrogen) atoms. The number of ether oxygens (including phenoxy) is 1. The summed E-state index contributed by atoms with van der Waals surface area (Å²) in [5, 5.41) is 12.5. The number of aliphatic hydroxyl groups excluding tert-OH is 1. The van der Waals surface area contributed by atoms with Crippen LogP contribution in [0.3, 0.4) is 0 Å². The second kappa shape index (κ2) is 10.2. The van der Waals surface area contributed by atoms with E-state index in [1.165, 1.54) is 32.1 Å². The number of aryl methyl sites for hydroxylation is 1. The zero-order valence-electron chi connectivity index (χ0n) is 16.8. The van der Waals surface area contributed by atoms with Gasteiger partial charge in [-0.2, -0.15) is 11.8 Å². The van der Waals surface area contributed by atoms with Crippen LogP contribution < -0.4 is 10.1 Å². The van der Waals surface area contributed by atoms with E-state index in [1.54, 1.807) is 16.2 Å². The Labute approximate surface area is 171 Å². The third-order valence-corrected chi connectivity index (χ3v) is 6.07. The van der Waals surface area contributed by atoms with Gasteiger partial charge in [0.05, 0.1) is 24.9 Å². The second-order valence-electron chi connectivity index (χ2n) is 7.56. The molecule has 1 aliphatic carbocycles. The molecule has 1 amide bonds. The highest BCUT2D eigenvalue weighted by Crippen LogP contribution is 2.27. The van der Waals surface area contributed by atoms with Gasteiger partial charge in [-0.1, -0.05) is 19.3 Å². The van der Waals surface area contributed by atoms with E-state index in [4.69, 9.17) is 4.74 Å². The summed E-state index contributed by atoms with van der Waals surface area (Å²) in [5.74, 6) is 2.00. The van der Waals surface area contributed by atoms with E-state index in [-0.39, 0.29) is 18.6 Å². The molecule has 1 aliphatic rings. The maximum Gasteiger partial charge on any atom is 0.270 e. The SMILES string of the molecule is CSCCC(CO)NC(=O)c1c(C)nc2c(OCC3CCCCC3)cccn12. The van der Waals surface area contributed by atoms with Crippen LogP contribution in [0, 0.1) is 12.8 Å². The van der Waals surface area contributed by atoms with Crippen LogP contribution in [0.25, 0.3) is 5.65 Å². The summed E-state index contributed by atoms with van der Waals surface area (Å²) >= 11 is 1.70. The van der Waals surface area contributed by atoms with Gasteiger partial charge in [0, 0.05) is 6.20 Å². The first-order valence-corrected chi connectivity index (χ1v) is 11.5. The Morgan fingerprint density at radius 2 is 2.21 bits per heavy atom. The molecule has 1 saturated carbocycles. The maximum atomic E-state index is 12.9. The van der Waals surface area contributed by atoms with Crippen LogP contribution in [0.15, 0.2) is 18.3 Å². The predicted octanol–water partition coefficient (Wildman–Crippen LogP) is 3.45. The van der Waals surface area contributed by atoms with E-state index in [2.05, 4.69) is 10.3 Å². The van der Waals surface area contributed by atoms with Gasteiger partial charge in [0.15, 0.2) is 11.4 Å². The van der Waals surface area contributed by atoms with Crippen molar-refractivity contribution in [3.05, 3.63) is 29.7 Å². The zero-order chi connectivity index (χ0) is 19.9. The van der Waals surface area contributed by atoms with E-state index in [9.17, 15) is 9.90 Å². The minimum absolute atomic E-state index is 0.0716. The number of imidazole rings is 1. The Bertz CT molecular complexity index is 787. The van der Waals surface area contributed by atoms with Crippen LogP contribution in [-0.4, -0.2) is 51.7 Å². The largest absolute Gasteiger partial charge is 0.489 e. The van der Waals surface area contributed by atoms with Gasteiger partial charge in [0.1, 0.15) is 5.69 Å². The maximum absolute atomic E-state index is 12.9. The highest BCUT2D eigenvalue weighted by Gasteiger charge is 2.22. The number of aliphatic hydroxyl groups is 1. The number of hydrogen-bond acceptors (Lipinski definition) is 5. The number of aromatic nitrogens is 2. The van der Waals surface area contributed by atoms with Gasteiger partial charge < -0.3 is 15.2 Å². The highest BCUT2D eigenvalue weighted by atomic mass is 32.2. The Hall–Kier alpha value is -1.73. The van der Waals surface area contributed by atoms with E-state index in [0.29, 0.717) is 29.6 Å². The number of nitrogens with zero attached hydrogens (tertiary/aromatic N) is 2. The number of pyridine rings is 1. The Morgan fingerprint density at radius 1 is 1.43 bits per heavy atom. The van der Waals surface area contributed by atoms with Gasteiger partial charge in [0.2, 0.25) is 0 Å². The Balaban J connectivity index is 1.76. The second-order valence-corrected chi connectivity index (χ2v) is 8.55. The Morgan fingerprint density at radius 3 is 2.93 bits per heavy atom. The molecule has 2 N–H and O–H groups in total. The minimum atomic E-state index is -0.254. The quantitative estimate of drug-likeness (QED) is 0.668. The van der Waals surface area contributed by atoms with Crippen LogP contribution >= 0.6 is 11.8 Å². The molecule has 1 atom stereocenters. The average molecular weight is 406 g/mol. The number of amides is 1. The highest BCUT2D eigenvalue weighted by molar-refractivity contribution is 7.98. The smallest absolute Gasteiger partial charge is 0.270 e. The molecule has 154 valence electrons. The fraction of sp³-hybridized carbons (Fsp3) is 0.619. The molecule has 2 aromatic heterocycles. The number of rotatable bonds is 9. The van der Waals surface area contributed by atoms with Crippen molar-refractivity contribution in [2.45, 2.75) is 51.5 Å². The fourth-order valence-electron chi connectivity index (χ4n) is 3.83. The van der Waals surface area contributed by atoms with Crippen molar-refractivity contribution in [1.29, 1.82) is 0 Å². The normalized spacial score (nSPS) is 16.2. The van der Waals surface area contributed by atoms with E-state index < -0.39 is 0 Å². The van der Waals surface area contributed by atoms with E-state index >= 15 is 0 Å².